The van der Waals surface area contributed by atoms with Crippen molar-refractivity contribution in [3.05, 3.63) is 59.1 Å². The first-order valence-corrected chi connectivity index (χ1v) is 5.77. The van der Waals surface area contributed by atoms with Crippen LogP contribution in [0.4, 0.5) is 4.39 Å². The highest BCUT2D eigenvalue weighted by Crippen LogP contribution is 2.28. The largest absolute Gasteiger partial charge is 0.392 e. The van der Waals surface area contributed by atoms with Crippen LogP contribution in [0.1, 0.15) is 5.56 Å². The molecule has 2 rings (SSSR count). The first-order chi connectivity index (χ1) is 8.72. The summed E-state index contributed by atoms with van der Waals surface area (Å²) in [6, 6.07) is 6.27. The maximum atomic E-state index is 13.9. The van der Waals surface area contributed by atoms with Gasteiger partial charge < -0.3 is 5.11 Å². The molecule has 1 aromatic carbocycles. The van der Waals surface area contributed by atoms with Crippen LogP contribution in [0.5, 0.6) is 0 Å². The number of pyridine rings is 1. The molecule has 0 aliphatic rings. The number of aliphatic hydroxyl groups excluding tert-OH is 1. The van der Waals surface area contributed by atoms with Crippen LogP contribution < -0.4 is 0 Å². The Morgan fingerprint density at radius 1 is 1.28 bits per heavy atom. The highest BCUT2D eigenvalue weighted by atomic mass is 35.5. The number of hydrogen-bond acceptors (Lipinski definition) is 2. The van der Waals surface area contributed by atoms with E-state index >= 15 is 0 Å². The summed E-state index contributed by atoms with van der Waals surface area (Å²) >= 11 is 5.73. The van der Waals surface area contributed by atoms with Crippen molar-refractivity contribution in [1.82, 2.24) is 4.98 Å². The zero-order chi connectivity index (χ0) is 13.0. The van der Waals surface area contributed by atoms with Gasteiger partial charge in [0.25, 0.3) is 0 Å². The van der Waals surface area contributed by atoms with Crippen LogP contribution in [0, 0.1) is 5.82 Å². The Hall–Kier alpha value is -1.71. The maximum Gasteiger partial charge on any atom is 0.132 e. The minimum atomic E-state index is -0.382. The van der Waals surface area contributed by atoms with Gasteiger partial charge in [-0.3, -0.25) is 4.98 Å². The second-order valence-electron chi connectivity index (χ2n) is 3.67. The lowest BCUT2D eigenvalue weighted by molar-refractivity contribution is 0.343. The number of aromatic nitrogens is 1. The van der Waals surface area contributed by atoms with Crippen LogP contribution in [0.15, 0.2) is 42.7 Å². The molecule has 0 saturated carbocycles. The molecule has 2 aromatic rings. The second-order valence-corrected chi connectivity index (χ2v) is 4.11. The Labute approximate surface area is 109 Å². The van der Waals surface area contributed by atoms with Crippen molar-refractivity contribution < 1.29 is 9.50 Å². The number of aliphatic hydroxyl groups is 1. The molecule has 1 heterocycles. The summed E-state index contributed by atoms with van der Waals surface area (Å²) in [5.74, 6) is -0.382. The van der Waals surface area contributed by atoms with Gasteiger partial charge in [0.2, 0.25) is 0 Å². The van der Waals surface area contributed by atoms with Crippen LogP contribution in [0.25, 0.3) is 17.2 Å². The monoisotopic (exact) mass is 263 g/mol. The minimum absolute atomic E-state index is 0.0720. The summed E-state index contributed by atoms with van der Waals surface area (Å²) in [4.78, 5) is 3.99. The summed E-state index contributed by atoms with van der Waals surface area (Å²) in [6.07, 6.45) is 6.50. The van der Waals surface area contributed by atoms with Crippen LogP contribution in [0.2, 0.25) is 5.02 Å². The quantitative estimate of drug-likeness (QED) is 0.919. The van der Waals surface area contributed by atoms with Gasteiger partial charge in [-0.15, -0.1) is 0 Å². The molecule has 0 fully saturated rings. The van der Waals surface area contributed by atoms with Gasteiger partial charge in [0.05, 0.1) is 6.61 Å². The Bertz CT molecular complexity index is 584. The molecule has 1 aromatic heterocycles. The molecule has 0 amide bonds. The van der Waals surface area contributed by atoms with Crippen molar-refractivity contribution in [1.29, 1.82) is 0 Å². The average Bonchev–Trinajstić information content (AvgIpc) is 2.37. The first kappa shape index (κ1) is 12.7. The second kappa shape index (κ2) is 5.76. The van der Waals surface area contributed by atoms with Gasteiger partial charge in [0.1, 0.15) is 5.82 Å². The number of benzene rings is 1. The van der Waals surface area contributed by atoms with Crippen molar-refractivity contribution in [2.24, 2.45) is 0 Å². The molecule has 1 N–H and O–H groups in total. The van der Waals surface area contributed by atoms with E-state index in [4.69, 9.17) is 16.7 Å². The van der Waals surface area contributed by atoms with E-state index < -0.39 is 0 Å². The average molecular weight is 264 g/mol. The molecule has 18 heavy (non-hydrogen) atoms. The third kappa shape index (κ3) is 2.75. The first-order valence-electron chi connectivity index (χ1n) is 5.39. The van der Waals surface area contributed by atoms with E-state index in [9.17, 15) is 4.39 Å². The Morgan fingerprint density at radius 3 is 2.83 bits per heavy atom. The van der Waals surface area contributed by atoms with Gasteiger partial charge >= 0.3 is 0 Å². The zero-order valence-corrected chi connectivity index (χ0v) is 10.2. The lowest BCUT2D eigenvalue weighted by Gasteiger charge is -2.07. The predicted molar refractivity (Wildman–Crippen MR) is 70.8 cm³/mol. The van der Waals surface area contributed by atoms with Crippen LogP contribution >= 0.6 is 11.6 Å². The predicted octanol–water partition coefficient (Wildman–Crippen LogP) is 3.55. The van der Waals surface area contributed by atoms with Gasteiger partial charge in [0, 0.05) is 28.5 Å². The Morgan fingerprint density at radius 2 is 2.11 bits per heavy atom. The molecule has 2 nitrogen and oxygen atoms in total. The van der Waals surface area contributed by atoms with Crippen molar-refractivity contribution >= 4 is 17.7 Å². The van der Waals surface area contributed by atoms with Gasteiger partial charge in [-0.1, -0.05) is 23.8 Å². The zero-order valence-electron chi connectivity index (χ0n) is 9.48. The number of rotatable bonds is 3. The fourth-order valence-corrected chi connectivity index (χ4v) is 1.83. The van der Waals surface area contributed by atoms with Crippen LogP contribution in [-0.4, -0.2) is 16.7 Å². The fourth-order valence-electron chi connectivity index (χ4n) is 1.67. The molecule has 0 atom stereocenters. The van der Waals surface area contributed by atoms with E-state index in [1.807, 2.05) is 0 Å². The van der Waals surface area contributed by atoms with Crippen molar-refractivity contribution in [3.63, 3.8) is 0 Å². The lowest BCUT2D eigenvalue weighted by atomic mass is 10.0. The highest BCUT2D eigenvalue weighted by molar-refractivity contribution is 6.30. The van der Waals surface area contributed by atoms with E-state index in [2.05, 4.69) is 4.98 Å². The minimum Gasteiger partial charge on any atom is -0.392 e. The van der Waals surface area contributed by atoms with Crippen molar-refractivity contribution in [2.45, 2.75) is 0 Å². The lowest BCUT2D eigenvalue weighted by Crippen LogP contribution is -1.89. The summed E-state index contributed by atoms with van der Waals surface area (Å²) in [5.41, 5.74) is 1.91. The normalized spacial score (nSPS) is 11.1. The van der Waals surface area contributed by atoms with E-state index in [1.54, 1.807) is 42.7 Å². The summed E-state index contributed by atoms with van der Waals surface area (Å²) in [7, 11) is 0. The number of halogens is 2. The molecule has 4 heteroatoms. The van der Waals surface area contributed by atoms with Crippen molar-refractivity contribution in [3.8, 4) is 11.1 Å². The molecule has 0 aliphatic carbocycles. The fraction of sp³-hybridized carbons (Fsp3) is 0.0714. The maximum absolute atomic E-state index is 13.9. The molecule has 0 saturated heterocycles. The standard InChI is InChI=1S/C14H11ClFNO/c15-11-3-4-13(14(16)8-11)12-5-6-17-9-10(12)2-1-7-18/h1-6,8-9,18H,7H2. The Balaban J connectivity index is 2.53. The molecule has 92 valence electrons. The van der Waals surface area contributed by atoms with E-state index in [1.165, 1.54) is 6.07 Å². The van der Waals surface area contributed by atoms with E-state index in [-0.39, 0.29) is 12.4 Å². The smallest absolute Gasteiger partial charge is 0.132 e. The Kier molecular flexibility index (Phi) is 4.07. The third-order valence-electron chi connectivity index (χ3n) is 2.48. The number of hydrogen-bond donors (Lipinski definition) is 1. The SMILES string of the molecule is OCC=Cc1cnccc1-c1ccc(Cl)cc1F. The van der Waals surface area contributed by atoms with Crippen LogP contribution in [0.3, 0.4) is 0 Å². The summed E-state index contributed by atoms with van der Waals surface area (Å²) in [6.45, 7) is -0.0720. The van der Waals surface area contributed by atoms with Crippen molar-refractivity contribution in [2.75, 3.05) is 6.61 Å². The summed E-state index contributed by atoms with van der Waals surface area (Å²) in [5, 5.41) is 9.14. The molecular weight excluding hydrogens is 253 g/mol. The molecular formula is C14H11ClFNO. The molecule has 0 radical (unpaired) electrons. The number of nitrogens with zero attached hydrogens (tertiary/aromatic N) is 1. The van der Waals surface area contributed by atoms with E-state index in [0.717, 1.165) is 5.56 Å². The molecule has 0 spiro atoms. The summed E-state index contributed by atoms with van der Waals surface area (Å²) < 4.78 is 13.9. The molecule has 0 bridgehead atoms. The van der Waals surface area contributed by atoms with Crippen LogP contribution in [-0.2, 0) is 0 Å². The van der Waals surface area contributed by atoms with Gasteiger partial charge in [-0.05, 0) is 29.8 Å². The van der Waals surface area contributed by atoms with Gasteiger partial charge in [0.15, 0.2) is 0 Å². The third-order valence-corrected chi connectivity index (χ3v) is 2.71. The molecule has 0 unspecified atom stereocenters. The van der Waals surface area contributed by atoms with E-state index in [0.29, 0.717) is 16.1 Å². The van der Waals surface area contributed by atoms with Gasteiger partial charge in [-0.25, -0.2) is 4.39 Å². The topological polar surface area (TPSA) is 33.1 Å². The highest BCUT2D eigenvalue weighted by Gasteiger charge is 2.08. The molecule has 0 aliphatic heterocycles. The van der Waals surface area contributed by atoms with Gasteiger partial charge in [-0.2, -0.15) is 0 Å².